The maximum absolute atomic E-state index is 13.7. The predicted molar refractivity (Wildman–Crippen MR) is 50.8 cm³/mol. The van der Waals surface area contributed by atoms with Gasteiger partial charge in [-0.15, -0.1) is 0 Å². The summed E-state index contributed by atoms with van der Waals surface area (Å²) in [5.41, 5.74) is 0. The maximum Gasteiger partial charge on any atom is 0.436 e. The largest absolute Gasteiger partial charge is 0.436 e. The summed E-state index contributed by atoms with van der Waals surface area (Å²) in [5.74, 6) is -0.580. The van der Waals surface area contributed by atoms with E-state index in [1.54, 1.807) is 0 Å². The fourth-order valence-corrected chi connectivity index (χ4v) is 1.72. The molecule has 1 aliphatic heterocycles. The average Bonchev–Trinajstić information content (AvgIpc) is 2.86. The fraction of sp³-hybridized carbons (Fsp3) is 0.625. The first-order valence-corrected chi connectivity index (χ1v) is 4.82. The quantitative estimate of drug-likeness (QED) is 0.544. The van der Waals surface area contributed by atoms with Crippen LogP contribution in [0.5, 0.6) is 0 Å². The summed E-state index contributed by atoms with van der Waals surface area (Å²) in [7, 11) is 0. The van der Waals surface area contributed by atoms with Crippen molar-refractivity contribution in [3.8, 4) is 0 Å². The van der Waals surface area contributed by atoms with Crippen LogP contribution in [0, 0.1) is 10.1 Å². The Labute approximate surface area is 94.4 Å². The van der Waals surface area contributed by atoms with E-state index in [1.807, 2.05) is 0 Å². The third-order valence-electron chi connectivity index (χ3n) is 2.56. The molecule has 1 unspecified atom stereocenters. The molecule has 0 spiro atoms. The van der Waals surface area contributed by atoms with Crippen molar-refractivity contribution in [1.29, 1.82) is 0 Å². The molecule has 2 rings (SSSR count). The number of aliphatic hydroxyl groups is 2. The third kappa shape index (κ3) is 1.88. The van der Waals surface area contributed by atoms with Crippen LogP contribution >= 0.6 is 0 Å². The van der Waals surface area contributed by atoms with E-state index in [4.69, 9.17) is 9.84 Å². The molecule has 0 bridgehead atoms. The van der Waals surface area contributed by atoms with Crippen LogP contribution in [0.25, 0.3) is 0 Å². The second kappa shape index (κ2) is 4.35. The lowest BCUT2D eigenvalue weighted by molar-refractivity contribution is -0.398. The second-order valence-electron chi connectivity index (χ2n) is 3.57. The van der Waals surface area contributed by atoms with Gasteiger partial charge < -0.3 is 25.1 Å². The van der Waals surface area contributed by atoms with Crippen LogP contribution in [0.3, 0.4) is 0 Å². The van der Waals surface area contributed by atoms with E-state index >= 15 is 0 Å². The fourth-order valence-electron chi connectivity index (χ4n) is 1.72. The lowest BCUT2D eigenvalue weighted by Gasteiger charge is -2.11. The number of rotatable bonds is 3. The number of imidazole rings is 1. The lowest BCUT2D eigenvalue weighted by Crippen LogP contribution is -2.30. The van der Waals surface area contributed by atoms with E-state index < -0.39 is 42.1 Å². The topological polar surface area (TPSA) is 111 Å². The molecule has 2 heterocycles. The minimum absolute atomic E-state index is 0.569. The smallest absolute Gasteiger partial charge is 0.394 e. The van der Waals surface area contributed by atoms with Gasteiger partial charge in [0.05, 0.1) is 6.61 Å². The Morgan fingerprint density at radius 2 is 2.41 bits per heavy atom. The molecule has 8 nitrogen and oxygen atoms in total. The predicted octanol–water partition coefficient (Wildman–Crippen LogP) is -0.620. The van der Waals surface area contributed by atoms with Gasteiger partial charge >= 0.3 is 5.95 Å². The summed E-state index contributed by atoms with van der Waals surface area (Å²) in [5, 5.41) is 28.8. The van der Waals surface area contributed by atoms with Crippen molar-refractivity contribution in [1.82, 2.24) is 9.55 Å². The van der Waals surface area contributed by atoms with E-state index in [1.165, 1.54) is 6.20 Å². The summed E-state index contributed by atoms with van der Waals surface area (Å²) in [6.07, 6.45) is -3.52. The molecule has 1 fully saturated rings. The van der Waals surface area contributed by atoms with Crippen LogP contribution < -0.4 is 0 Å². The first-order chi connectivity index (χ1) is 8.06. The molecule has 0 saturated carbocycles. The lowest BCUT2D eigenvalue weighted by atomic mass is 10.1. The summed E-state index contributed by atoms with van der Waals surface area (Å²) < 4.78 is 19.6. The molecule has 0 amide bonds. The van der Waals surface area contributed by atoms with Gasteiger partial charge in [0.15, 0.2) is 6.17 Å². The number of aromatic nitrogens is 2. The number of hydrogen-bond acceptors (Lipinski definition) is 6. The highest BCUT2D eigenvalue weighted by Crippen LogP contribution is 2.33. The standard InChI is InChI=1S/C8H10FN3O5/c9-5-6(14)4(3-13)17-7(5)11-2-1-10-8(11)12(15)16/h1-2,4-7,13-14H,3H2/t4-,5-,6-,7?/m1/s1. The van der Waals surface area contributed by atoms with E-state index in [2.05, 4.69) is 4.98 Å². The van der Waals surface area contributed by atoms with Gasteiger partial charge in [-0.05, 0) is 4.92 Å². The Kier molecular flexibility index (Phi) is 3.05. The van der Waals surface area contributed by atoms with Gasteiger partial charge in [0.25, 0.3) is 0 Å². The zero-order chi connectivity index (χ0) is 12.6. The molecule has 94 valence electrons. The summed E-state index contributed by atoms with van der Waals surface area (Å²) >= 11 is 0. The molecule has 1 aromatic heterocycles. The molecular weight excluding hydrogens is 237 g/mol. The highest BCUT2D eigenvalue weighted by atomic mass is 19.1. The Morgan fingerprint density at radius 1 is 1.71 bits per heavy atom. The zero-order valence-corrected chi connectivity index (χ0v) is 8.51. The van der Waals surface area contributed by atoms with Gasteiger partial charge in [0.1, 0.15) is 24.6 Å². The van der Waals surface area contributed by atoms with Crippen molar-refractivity contribution in [2.45, 2.75) is 24.6 Å². The van der Waals surface area contributed by atoms with Gasteiger partial charge in [-0.1, -0.05) is 4.98 Å². The number of hydrogen-bond donors (Lipinski definition) is 2. The number of halogens is 1. The molecule has 2 N–H and O–H groups in total. The highest BCUT2D eigenvalue weighted by Gasteiger charge is 2.48. The summed E-state index contributed by atoms with van der Waals surface area (Å²) in [6, 6.07) is 0. The van der Waals surface area contributed by atoms with E-state index in [-0.39, 0.29) is 0 Å². The van der Waals surface area contributed by atoms with Crippen LogP contribution in [-0.4, -0.2) is 49.7 Å². The molecular formula is C8H10FN3O5. The van der Waals surface area contributed by atoms with Crippen LogP contribution in [0.15, 0.2) is 12.4 Å². The van der Waals surface area contributed by atoms with Crippen molar-refractivity contribution in [2.24, 2.45) is 0 Å². The van der Waals surface area contributed by atoms with Gasteiger partial charge in [-0.25, -0.2) is 4.39 Å². The van der Waals surface area contributed by atoms with E-state index in [9.17, 15) is 19.6 Å². The molecule has 4 atom stereocenters. The van der Waals surface area contributed by atoms with Crippen molar-refractivity contribution < 1.29 is 24.3 Å². The first kappa shape index (κ1) is 11.9. The molecule has 1 aromatic rings. The van der Waals surface area contributed by atoms with Crippen LogP contribution in [0.2, 0.25) is 0 Å². The monoisotopic (exact) mass is 247 g/mol. The van der Waals surface area contributed by atoms with Crippen LogP contribution in [0.1, 0.15) is 6.23 Å². The number of alkyl halides is 1. The second-order valence-corrected chi connectivity index (χ2v) is 3.57. The van der Waals surface area contributed by atoms with Crippen molar-refractivity contribution in [2.75, 3.05) is 6.61 Å². The van der Waals surface area contributed by atoms with E-state index in [0.717, 1.165) is 10.8 Å². The zero-order valence-electron chi connectivity index (χ0n) is 8.51. The van der Waals surface area contributed by atoms with Crippen molar-refractivity contribution in [3.05, 3.63) is 22.5 Å². The number of ether oxygens (including phenoxy) is 1. The first-order valence-electron chi connectivity index (χ1n) is 4.82. The maximum atomic E-state index is 13.7. The van der Waals surface area contributed by atoms with Crippen LogP contribution in [0.4, 0.5) is 10.3 Å². The summed E-state index contributed by atoms with van der Waals surface area (Å²) in [6.45, 7) is -0.569. The molecule has 0 aliphatic carbocycles. The van der Waals surface area contributed by atoms with Gasteiger partial charge in [-0.3, -0.25) is 0 Å². The Bertz CT molecular complexity index is 425. The highest BCUT2D eigenvalue weighted by molar-refractivity contribution is 5.10. The van der Waals surface area contributed by atoms with Gasteiger partial charge in [-0.2, -0.15) is 4.57 Å². The molecule has 9 heteroatoms. The van der Waals surface area contributed by atoms with Gasteiger partial charge in [0, 0.05) is 0 Å². The molecule has 1 saturated heterocycles. The number of nitrogens with zero attached hydrogens (tertiary/aromatic N) is 3. The Hall–Kier alpha value is -1.58. The minimum Gasteiger partial charge on any atom is -0.394 e. The van der Waals surface area contributed by atoms with Crippen molar-refractivity contribution >= 4 is 5.95 Å². The molecule has 1 aliphatic rings. The minimum atomic E-state index is -1.86. The molecule has 0 radical (unpaired) electrons. The van der Waals surface area contributed by atoms with E-state index in [0.29, 0.717) is 0 Å². The molecule has 17 heavy (non-hydrogen) atoms. The SMILES string of the molecule is O=[N+]([O-])c1nccn1C1O[C@H](CO)[C@@H](O)[C@H]1F. The molecule has 0 aromatic carbocycles. The normalized spacial score (nSPS) is 32.9. The van der Waals surface area contributed by atoms with Gasteiger partial charge in [0.2, 0.25) is 6.23 Å². The Morgan fingerprint density at radius 3 is 2.94 bits per heavy atom. The number of nitro groups is 1. The third-order valence-corrected chi connectivity index (χ3v) is 2.56. The Balaban J connectivity index is 2.29. The van der Waals surface area contributed by atoms with Crippen LogP contribution in [-0.2, 0) is 4.74 Å². The average molecular weight is 247 g/mol. The summed E-state index contributed by atoms with van der Waals surface area (Å²) in [4.78, 5) is 13.3. The number of aliphatic hydroxyl groups excluding tert-OH is 2. The van der Waals surface area contributed by atoms with Crippen molar-refractivity contribution in [3.63, 3.8) is 0 Å².